The van der Waals surface area contributed by atoms with E-state index in [0.717, 1.165) is 37.8 Å². The van der Waals surface area contributed by atoms with E-state index < -0.39 is 0 Å². The first-order valence-electron chi connectivity index (χ1n) is 10.4. The molecule has 1 aromatic heterocycles. The highest BCUT2D eigenvalue weighted by molar-refractivity contribution is 14.0. The molecule has 0 aliphatic heterocycles. The molecular weight excluding hydrogens is 533 g/mol. The highest BCUT2D eigenvalue weighted by Gasteiger charge is 2.27. The number of guanidine groups is 1. The summed E-state index contributed by atoms with van der Waals surface area (Å²) < 4.78 is 10.5. The normalized spacial score (nSPS) is 18.7. The molecule has 1 fully saturated rings. The quantitative estimate of drug-likeness (QED) is 0.226. The van der Waals surface area contributed by atoms with Crippen LogP contribution in [-0.2, 0) is 16.1 Å². The summed E-state index contributed by atoms with van der Waals surface area (Å²) in [5, 5.41) is 11.3. The number of hydrogen-bond acceptors (Lipinski definition) is 6. The minimum Gasteiger partial charge on any atom is -0.466 e. The van der Waals surface area contributed by atoms with Gasteiger partial charge in [0.1, 0.15) is 6.54 Å². The Kier molecular flexibility index (Phi) is 10.5. The molecule has 2 N–H and O–H groups in total. The van der Waals surface area contributed by atoms with Gasteiger partial charge in [-0.2, -0.15) is 4.98 Å². The number of aliphatic imine (C=N–C) groups is 1. The second-order valence-corrected chi connectivity index (χ2v) is 7.60. The Morgan fingerprint density at radius 1 is 1.29 bits per heavy atom. The van der Waals surface area contributed by atoms with Crippen molar-refractivity contribution in [3.8, 4) is 11.4 Å². The maximum atomic E-state index is 11.9. The lowest BCUT2D eigenvalue weighted by Gasteiger charge is -2.29. The van der Waals surface area contributed by atoms with E-state index in [9.17, 15) is 4.79 Å². The minimum absolute atomic E-state index is 0. The number of benzene rings is 1. The van der Waals surface area contributed by atoms with E-state index in [0.29, 0.717) is 29.3 Å². The fourth-order valence-electron chi connectivity index (χ4n) is 3.46. The van der Waals surface area contributed by atoms with Crippen molar-refractivity contribution in [1.82, 2.24) is 20.8 Å². The van der Waals surface area contributed by atoms with Gasteiger partial charge < -0.3 is 19.9 Å². The molecule has 8 nitrogen and oxygen atoms in total. The summed E-state index contributed by atoms with van der Waals surface area (Å²) in [6.07, 6.45) is 3.44. The standard InChI is InChI=1S/C21H28ClN5O3.HI/c1-3-23-21(25-17-10-8-14(9-11-17)20(28)29-4-2)24-13-18-26-19(27-30-18)15-6-5-7-16(22)12-15;/h5-7,12,14,17H,3-4,8-11,13H2,1-2H3,(H2,23,24,25);1H. The first kappa shape index (κ1) is 25.4. The number of esters is 1. The van der Waals surface area contributed by atoms with Crippen LogP contribution >= 0.6 is 35.6 Å². The Morgan fingerprint density at radius 2 is 2.06 bits per heavy atom. The number of nitrogens with zero attached hydrogens (tertiary/aromatic N) is 3. The molecule has 0 radical (unpaired) electrons. The number of aromatic nitrogens is 2. The van der Waals surface area contributed by atoms with Crippen LogP contribution in [-0.4, -0.2) is 41.3 Å². The third kappa shape index (κ3) is 7.64. The molecule has 0 unspecified atom stereocenters. The zero-order valence-corrected chi connectivity index (χ0v) is 20.9. The molecule has 0 amide bonds. The molecule has 1 heterocycles. The zero-order chi connectivity index (χ0) is 21.3. The summed E-state index contributed by atoms with van der Waals surface area (Å²) >= 11 is 6.02. The van der Waals surface area contributed by atoms with Crippen LogP contribution in [0.1, 0.15) is 45.4 Å². The Morgan fingerprint density at radius 3 is 2.74 bits per heavy atom. The lowest BCUT2D eigenvalue weighted by molar-refractivity contribution is -0.149. The van der Waals surface area contributed by atoms with E-state index in [1.807, 2.05) is 26.0 Å². The highest BCUT2D eigenvalue weighted by Crippen LogP contribution is 2.25. The van der Waals surface area contributed by atoms with Crippen molar-refractivity contribution in [2.45, 2.75) is 52.1 Å². The molecule has 1 aliphatic carbocycles. The van der Waals surface area contributed by atoms with E-state index in [-0.39, 0.29) is 48.5 Å². The molecule has 0 saturated heterocycles. The summed E-state index contributed by atoms with van der Waals surface area (Å²) in [4.78, 5) is 20.9. The van der Waals surface area contributed by atoms with Crippen LogP contribution in [0, 0.1) is 5.92 Å². The van der Waals surface area contributed by atoms with Crippen LogP contribution in [0.3, 0.4) is 0 Å². The van der Waals surface area contributed by atoms with Gasteiger partial charge in [0.15, 0.2) is 5.96 Å². The summed E-state index contributed by atoms with van der Waals surface area (Å²) in [6.45, 7) is 5.29. The maximum Gasteiger partial charge on any atom is 0.308 e. The molecule has 1 aliphatic rings. The largest absolute Gasteiger partial charge is 0.466 e. The molecule has 1 saturated carbocycles. The van der Waals surface area contributed by atoms with Gasteiger partial charge in [-0.25, -0.2) is 4.99 Å². The molecule has 170 valence electrons. The fraction of sp³-hybridized carbons (Fsp3) is 0.524. The Labute approximate surface area is 204 Å². The van der Waals surface area contributed by atoms with Gasteiger partial charge >= 0.3 is 5.97 Å². The van der Waals surface area contributed by atoms with Crippen molar-refractivity contribution in [3.05, 3.63) is 35.2 Å². The monoisotopic (exact) mass is 561 g/mol. The summed E-state index contributed by atoms with van der Waals surface area (Å²) in [5.74, 6) is 1.53. The first-order valence-corrected chi connectivity index (χ1v) is 10.8. The van der Waals surface area contributed by atoms with Crippen molar-refractivity contribution in [2.24, 2.45) is 10.9 Å². The fourth-order valence-corrected chi connectivity index (χ4v) is 3.65. The SMILES string of the molecule is CCNC(=NCc1nc(-c2cccc(Cl)c2)no1)NC1CCC(C(=O)OCC)CC1.I. The molecule has 0 bridgehead atoms. The maximum absolute atomic E-state index is 11.9. The topological polar surface area (TPSA) is 102 Å². The van der Waals surface area contributed by atoms with Gasteiger partial charge in [0.2, 0.25) is 11.7 Å². The molecule has 0 atom stereocenters. The lowest BCUT2D eigenvalue weighted by atomic mass is 9.86. The van der Waals surface area contributed by atoms with Gasteiger partial charge in [-0.05, 0) is 51.7 Å². The van der Waals surface area contributed by atoms with Gasteiger partial charge in [0.05, 0.1) is 12.5 Å². The average molecular weight is 562 g/mol. The number of carbonyl (C=O) groups is 1. The second-order valence-electron chi connectivity index (χ2n) is 7.16. The molecule has 31 heavy (non-hydrogen) atoms. The van der Waals surface area contributed by atoms with Crippen LogP contribution in [0.4, 0.5) is 0 Å². The van der Waals surface area contributed by atoms with E-state index in [2.05, 4.69) is 25.8 Å². The van der Waals surface area contributed by atoms with Crippen LogP contribution in [0.15, 0.2) is 33.8 Å². The van der Waals surface area contributed by atoms with Crippen molar-refractivity contribution in [1.29, 1.82) is 0 Å². The van der Waals surface area contributed by atoms with Gasteiger partial charge in [-0.3, -0.25) is 4.79 Å². The molecule has 0 spiro atoms. The highest BCUT2D eigenvalue weighted by atomic mass is 127. The third-order valence-electron chi connectivity index (χ3n) is 4.96. The average Bonchev–Trinajstić information content (AvgIpc) is 3.22. The van der Waals surface area contributed by atoms with Crippen molar-refractivity contribution < 1.29 is 14.1 Å². The van der Waals surface area contributed by atoms with E-state index in [1.54, 1.807) is 12.1 Å². The molecular formula is C21H29ClIN5O3. The Hall–Kier alpha value is -1.88. The molecule has 2 aromatic rings. The van der Waals surface area contributed by atoms with Gasteiger partial charge in [0, 0.05) is 23.2 Å². The number of hydrogen-bond donors (Lipinski definition) is 2. The van der Waals surface area contributed by atoms with Crippen molar-refractivity contribution >= 4 is 47.5 Å². The molecule has 10 heteroatoms. The minimum atomic E-state index is -0.0802. The lowest BCUT2D eigenvalue weighted by Crippen LogP contribution is -2.45. The predicted molar refractivity (Wildman–Crippen MR) is 130 cm³/mol. The van der Waals surface area contributed by atoms with Crippen LogP contribution in [0.2, 0.25) is 5.02 Å². The number of carbonyl (C=O) groups excluding carboxylic acids is 1. The third-order valence-corrected chi connectivity index (χ3v) is 5.19. The number of nitrogens with one attached hydrogen (secondary N) is 2. The van der Waals surface area contributed by atoms with Gasteiger partial charge in [-0.1, -0.05) is 28.9 Å². The second kappa shape index (κ2) is 12.8. The number of rotatable bonds is 7. The summed E-state index contributed by atoms with van der Waals surface area (Å²) in [5.41, 5.74) is 0.796. The van der Waals surface area contributed by atoms with Crippen LogP contribution in [0.5, 0.6) is 0 Å². The van der Waals surface area contributed by atoms with Crippen molar-refractivity contribution in [3.63, 3.8) is 0 Å². The first-order chi connectivity index (χ1) is 14.6. The van der Waals surface area contributed by atoms with Crippen LogP contribution < -0.4 is 10.6 Å². The zero-order valence-electron chi connectivity index (χ0n) is 17.8. The van der Waals surface area contributed by atoms with Gasteiger partial charge in [-0.15, -0.1) is 24.0 Å². The Balaban J connectivity index is 0.00000341. The van der Waals surface area contributed by atoms with Crippen LogP contribution in [0.25, 0.3) is 11.4 Å². The van der Waals surface area contributed by atoms with E-state index in [1.165, 1.54) is 0 Å². The number of halogens is 2. The number of ether oxygens (including phenoxy) is 1. The molecule has 3 rings (SSSR count). The smallest absolute Gasteiger partial charge is 0.308 e. The molecule has 1 aromatic carbocycles. The Bertz CT molecular complexity index is 868. The van der Waals surface area contributed by atoms with Crippen molar-refractivity contribution in [2.75, 3.05) is 13.2 Å². The summed E-state index contributed by atoms with van der Waals surface area (Å²) in [6, 6.07) is 7.57. The van der Waals surface area contributed by atoms with E-state index >= 15 is 0 Å². The van der Waals surface area contributed by atoms with Gasteiger partial charge in [0.25, 0.3) is 0 Å². The summed E-state index contributed by atoms with van der Waals surface area (Å²) in [7, 11) is 0. The predicted octanol–water partition coefficient (Wildman–Crippen LogP) is 4.19. The van der Waals surface area contributed by atoms with E-state index in [4.69, 9.17) is 20.9 Å².